The van der Waals surface area contributed by atoms with Crippen LogP contribution in [-0.4, -0.2) is 195 Å². The van der Waals surface area contributed by atoms with Crippen molar-refractivity contribution < 1.29 is 182 Å². The third-order valence-corrected chi connectivity index (χ3v) is 28.0. The Bertz CT molecular complexity index is 2940. The van der Waals surface area contributed by atoms with Crippen LogP contribution in [0, 0.1) is 47.3 Å². The summed E-state index contributed by atoms with van der Waals surface area (Å²) >= 11 is 0. The monoisotopic (exact) mass is 1440 g/mol. The summed E-state index contributed by atoms with van der Waals surface area (Å²) in [7, 11) is -52.9. The van der Waals surface area contributed by atoms with Gasteiger partial charge in [0.2, 0.25) is 0 Å². The van der Waals surface area contributed by atoms with E-state index in [1.807, 2.05) is 0 Å². The van der Waals surface area contributed by atoms with E-state index in [0.717, 1.165) is 0 Å². The van der Waals surface area contributed by atoms with Gasteiger partial charge >= 0.3 is 77.9 Å². The standard InChI is InChI=1S/C32H56N8O24S8.4Zn/c41-65(42,43)17-13-15(19(67(47,48)49)23(71(59,60)61)21(17)69(53,54)55)31-38-29(13)36-27-11-7-3-1-5-9(11)25(34-27)33-26-10-6-2-4-8-12(10)28(35-26)37-30-14-16(32(39-30)40-31)20(68(50,51)52)24(72(62,63)64)22(70(56,57)58)18(14)66(44,45)46;;;;/h9-40H,1-8H2,(H,41,42,43)(H,44,45,46)(H,47,48,49)(H,50,51,52)(H,53,54,55)(H,56,57,58)(H,59,60,61)(H,62,63,64);;;;/q;4*+2/p-8. The summed E-state index contributed by atoms with van der Waals surface area (Å²) in [6.45, 7) is 0. The fourth-order valence-corrected chi connectivity index (χ4v) is 28.9. The Hall–Kier alpha value is 1.45. The summed E-state index contributed by atoms with van der Waals surface area (Å²) in [5.41, 5.74) is 0. The number of hydrogen-bond donors (Lipinski definition) is 8. The van der Waals surface area contributed by atoms with Crippen LogP contribution in [0.4, 0.5) is 0 Å². The van der Waals surface area contributed by atoms with Crippen molar-refractivity contribution in [1.29, 1.82) is 0 Å². The SMILES string of the molecule is O=S(=O)([O-])C1C2C3NC4NC(NC5NC(NC6NC(NC(N3)C2C(S(=O)(=O)[O-])C(S(=O)(=O)[O-])C1S(=O)(=O)[O-])C1C6C(S(=O)(=O)[O-])C(S(=O)(=O)[O-])C(S(=O)(=O)[O-])C1S(=O)(=O)[O-])C1CCCCC51)C1CCCCC41.[Zn+2].[Zn+2].[Zn+2].[Zn+2]. The van der Waals surface area contributed by atoms with Crippen molar-refractivity contribution in [2.45, 2.75) is 143 Å². The van der Waals surface area contributed by atoms with E-state index in [4.69, 9.17) is 0 Å². The molecule has 9 fully saturated rings. The van der Waals surface area contributed by atoms with E-state index in [2.05, 4.69) is 42.5 Å². The van der Waals surface area contributed by atoms with E-state index in [1.54, 1.807) is 0 Å². The molecule has 9 aliphatic rings. The molecule has 9 rings (SSSR count). The molecule has 5 saturated heterocycles. The third-order valence-electron chi connectivity index (χ3n) is 16.9. The molecule has 0 amide bonds. The van der Waals surface area contributed by atoms with Gasteiger partial charge < -0.3 is 36.4 Å². The molecule has 44 heteroatoms. The maximum atomic E-state index is 13.5. The third kappa shape index (κ3) is 12.4. The van der Waals surface area contributed by atoms with Crippen LogP contribution in [0.15, 0.2) is 0 Å². The predicted octanol–water partition coefficient (Wildman–Crippen LogP) is -9.21. The van der Waals surface area contributed by atoms with Gasteiger partial charge in [-0.1, -0.05) is 25.7 Å². The number of fused-ring (bicyclic) bond motifs is 20. The Morgan fingerprint density at radius 2 is 0.355 bits per heavy atom. The first-order valence-electron chi connectivity index (χ1n) is 22.5. The summed E-state index contributed by atoms with van der Waals surface area (Å²) in [4.78, 5) is 0. The van der Waals surface area contributed by atoms with E-state index in [1.165, 1.54) is 0 Å². The van der Waals surface area contributed by atoms with Gasteiger partial charge in [0.15, 0.2) is 0 Å². The topological polar surface area (TPSA) is 554 Å². The van der Waals surface area contributed by atoms with Gasteiger partial charge in [0.05, 0.1) is 132 Å². The van der Waals surface area contributed by atoms with E-state index >= 15 is 0 Å². The minimum Gasteiger partial charge on any atom is -0.748 e. The normalized spacial score (nSPS) is 44.9. The molecule has 4 saturated carbocycles. The van der Waals surface area contributed by atoms with E-state index in [0.29, 0.717) is 51.4 Å². The van der Waals surface area contributed by atoms with Crippen molar-refractivity contribution in [3.05, 3.63) is 0 Å². The molecule has 24 unspecified atom stereocenters. The molecule has 5 heterocycles. The van der Waals surface area contributed by atoms with E-state index in [-0.39, 0.29) is 89.7 Å². The van der Waals surface area contributed by atoms with Crippen molar-refractivity contribution >= 4 is 80.9 Å². The second-order valence-electron chi connectivity index (χ2n) is 20.3. The Kier molecular flexibility index (Phi) is 20.7. The fraction of sp³-hybridized carbons (Fsp3) is 1.00. The molecule has 416 valence electrons. The largest absolute Gasteiger partial charge is 2.00 e. The van der Waals surface area contributed by atoms with Crippen molar-refractivity contribution in [2.24, 2.45) is 47.3 Å². The average molecular weight is 1450 g/mol. The van der Waals surface area contributed by atoms with Gasteiger partial charge in [-0.25, -0.2) is 67.3 Å². The first-order chi connectivity index (χ1) is 32.8. The minimum atomic E-state index is -6.73. The molecule has 0 radical (unpaired) electrons. The molecular formula is C32H48N8O24S8Zn4. The predicted molar refractivity (Wildman–Crippen MR) is 228 cm³/mol. The molecule has 5 aliphatic heterocycles. The zero-order valence-corrected chi connectivity index (χ0v) is 57.8. The summed E-state index contributed by atoms with van der Waals surface area (Å²) in [5, 5.41) is -5.80. The van der Waals surface area contributed by atoms with Crippen LogP contribution in [0.25, 0.3) is 0 Å². The van der Waals surface area contributed by atoms with Gasteiger partial charge in [-0.15, -0.1) is 0 Å². The Morgan fingerprint density at radius 3 is 0.500 bits per heavy atom. The number of rotatable bonds is 8. The van der Waals surface area contributed by atoms with Crippen LogP contribution < -0.4 is 42.5 Å². The van der Waals surface area contributed by atoms with Gasteiger partial charge in [0, 0.05) is 23.7 Å². The molecule has 8 N–H and O–H groups in total. The maximum Gasteiger partial charge on any atom is 2.00 e. The Morgan fingerprint density at radius 1 is 0.224 bits per heavy atom. The summed E-state index contributed by atoms with van der Waals surface area (Å²) in [6, 6.07) is 0. The van der Waals surface area contributed by atoms with Gasteiger partial charge in [0.25, 0.3) is 0 Å². The van der Waals surface area contributed by atoms with Crippen molar-refractivity contribution in [2.75, 3.05) is 0 Å². The zero-order chi connectivity index (χ0) is 53.2. The van der Waals surface area contributed by atoms with Crippen LogP contribution in [-0.2, 0) is 159 Å². The molecule has 0 aromatic carbocycles. The van der Waals surface area contributed by atoms with Crippen molar-refractivity contribution in [1.82, 2.24) is 42.5 Å². The molecule has 4 aliphatic carbocycles. The molecule has 0 spiro atoms. The molecule has 8 bridgehead atoms. The molecule has 0 aromatic heterocycles. The van der Waals surface area contributed by atoms with Gasteiger partial charge in [0.1, 0.15) is 40.5 Å². The number of hydrogen-bond acceptors (Lipinski definition) is 32. The zero-order valence-electron chi connectivity index (χ0n) is 39.4. The molecule has 76 heavy (non-hydrogen) atoms. The van der Waals surface area contributed by atoms with E-state index in [9.17, 15) is 104 Å². The van der Waals surface area contributed by atoms with Crippen molar-refractivity contribution in [3.63, 3.8) is 0 Å². The molecule has 0 aromatic rings. The maximum absolute atomic E-state index is 13.5. The Balaban J connectivity index is 0.00000267. The van der Waals surface area contributed by atoms with E-state index < -0.39 is 208 Å². The minimum absolute atomic E-state index is 0. The van der Waals surface area contributed by atoms with Crippen LogP contribution >= 0.6 is 0 Å². The van der Waals surface area contributed by atoms with Crippen LogP contribution in [0.1, 0.15) is 51.4 Å². The first kappa shape index (κ1) is 68.2. The molecule has 32 nitrogen and oxygen atoms in total. The number of nitrogens with one attached hydrogen (secondary N) is 8. The fourth-order valence-electron chi connectivity index (χ4n) is 14.7. The van der Waals surface area contributed by atoms with Gasteiger partial charge in [-0.3, -0.25) is 42.5 Å². The quantitative estimate of drug-likeness (QED) is 0.0826. The first-order valence-corrected chi connectivity index (χ1v) is 34.2. The second kappa shape index (κ2) is 23.0. The van der Waals surface area contributed by atoms with Gasteiger partial charge in [-0.2, -0.15) is 0 Å². The van der Waals surface area contributed by atoms with Gasteiger partial charge in [-0.05, 0) is 49.4 Å². The smallest absolute Gasteiger partial charge is 0.748 e. The summed E-state index contributed by atoms with van der Waals surface area (Å²) < 4.78 is 318. The Labute approximate surface area is 490 Å². The van der Waals surface area contributed by atoms with Crippen LogP contribution in [0.3, 0.4) is 0 Å². The summed E-state index contributed by atoms with van der Waals surface area (Å²) in [5.74, 6) is -12.2. The second-order valence-corrected chi connectivity index (χ2v) is 32.6. The molecular weight excluding hydrogens is 1400 g/mol. The summed E-state index contributed by atoms with van der Waals surface area (Å²) in [6.07, 6.45) is -8.16. The van der Waals surface area contributed by atoms with Crippen LogP contribution in [0.2, 0.25) is 0 Å². The van der Waals surface area contributed by atoms with Crippen LogP contribution in [0.5, 0.6) is 0 Å². The molecule has 24 atom stereocenters. The average Bonchev–Trinajstić information content (AvgIpc) is 3.95. The van der Waals surface area contributed by atoms with Crippen molar-refractivity contribution in [3.8, 4) is 0 Å².